The van der Waals surface area contributed by atoms with Crippen LogP contribution in [0, 0.1) is 0 Å². The Morgan fingerprint density at radius 3 is 2.42 bits per heavy atom. The van der Waals surface area contributed by atoms with Crippen LogP contribution in [-0.2, 0) is 0 Å². The number of Topliss-reactive ketones (excluding diaryl/α,β-unsaturated/α-hetero) is 1. The number of ketones is 1. The first-order valence-electron chi connectivity index (χ1n) is 9.87. The Hall–Kier alpha value is -3.58. The number of carbonyl (C=O) groups is 1. The second kappa shape index (κ2) is 8.28. The lowest BCUT2D eigenvalue weighted by Gasteiger charge is -2.13. The number of benzene rings is 3. The van der Waals surface area contributed by atoms with Crippen LogP contribution in [0.2, 0.25) is 0 Å². The molecular weight excluding hydrogens is 410 g/mol. The summed E-state index contributed by atoms with van der Waals surface area (Å²) < 4.78 is 12.9. The summed E-state index contributed by atoms with van der Waals surface area (Å²) in [4.78, 5) is 12.9. The fourth-order valence-electron chi connectivity index (χ4n) is 3.43. The van der Waals surface area contributed by atoms with E-state index in [0.29, 0.717) is 28.0 Å². The summed E-state index contributed by atoms with van der Waals surface area (Å²) in [5, 5.41) is 9.22. The SMILES string of the molecule is CC(Sc1nnc(-c2ccc3c(c2)OCO3)n1-c1ccccc1)C(=O)c1ccccc1. The molecule has 6 nitrogen and oxygen atoms in total. The first kappa shape index (κ1) is 19.4. The van der Waals surface area contributed by atoms with Gasteiger partial charge in [0.2, 0.25) is 6.79 Å². The van der Waals surface area contributed by atoms with Crippen molar-refractivity contribution in [1.29, 1.82) is 0 Å². The number of hydrogen-bond donors (Lipinski definition) is 0. The summed E-state index contributed by atoms with van der Waals surface area (Å²) in [7, 11) is 0. The van der Waals surface area contributed by atoms with Gasteiger partial charge in [-0.25, -0.2) is 0 Å². The number of nitrogens with zero attached hydrogens (tertiary/aromatic N) is 3. The van der Waals surface area contributed by atoms with Crippen molar-refractivity contribution < 1.29 is 14.3 Å². The summed E-state index contributed by atoms with van der Waals surface area (Å²) in [6, 6.07) is 24.9. The number of hydrogen-bond acceptors (Lipinski definition) is 6. The predicted octanol–water partition coefficient (Wildman–Crippen LogP) is 5.03. The van der Waals surface area contributed by atoms with E-state index in [1.807, 2.05) is 90.4 Å². The van der Waals surface area contributed by atoms with Crippen LogP contribution >= 0.6 is 11.8 Å². The van der Waals surface area contributed by atoms with Crippen molar-refractivity contribution in [3.8, 4) is 28.6 Å². The second-order valence-electron chi connectivity index (χ2n) is 7.04. The van der Waals surface area contributed by atoms with Gasteiger partial charge in [0.25, 0.3) is 0 Å². The van der Waals surface area contributed by atoms with Crippen molar-refractivity contribution in [2.75, 3.05) is 6.79 Å². The van der Waals surface area contributed by atoms with Gasteiger partial charge in [0.1, 0.15) is 0 Å². The Labute approximate surface area is 183 Å². The smallest absolute Gasteiger partial charge is 0.231 e. The highest BCUT2D eigenvalue weighted by Gasteiger charge is 2.24. The lowest BCUT2D eigenvalue weighted by molar-refractivity contribution is 0.0994. The minimum Gasteiger partial charge on any atom is -0.454 e. The van der Waals surface area contributed by atoms with E-state index in [0.717, 1.165) is 11.3 Å². The highest BCUT2D eigenvalue weighted by molar-refractivity contribution is 8.00. The summed E-state index contributed by atoms with van der Waals surface area (Å²) in [6.07, 6.45) is 0. The van der Waals surface area contributed by atoms with Gasteiger partial charge < -0.3 is 9.47 Å². The van der Waals surface area contributed by atoms with Crippen LogP contribution in [0.5, 0.6) is 11.5 Å². The molecule has 4 aromatic rings. The lowest BCUT2D eigenvalue weighted by atomic mass is 10.1. The van der Waals surface area contributed by atoms with Crippen molar-refractivity contribution in [3.05, 3.63) is 84.4 Å². The van der Waals surface area contributed by atoms with Crippen molar-refractivity contribution >= 4 is 17.5 Å². The number of aromatic nitrogens is 3. The number of rotatable bonds is 6. The lowest BCUT2D eigenvalue weighted by Crippen LogP contribution is -2.14. The molecule has 1 unspecified atom stereocenters. The van der Waals surface area contributed by atoms with Gasteiger partial charge in [-0.3, -0.25) is 9.36 Å². The molecule has 1 aliphatic heterocycles. The van der Waals surface area contributed by atoms with Crippen LogP contribution in [0.1, 0.15) is 17.3 Å². The zero-order valence-corrected chi connectivity index (χ0v) is 17.6. The maximum Gasteiger partial charge on any atom is 0.231 e. The minimum absolute atomic E-state index is 0.0536. The van der Waals surface area contributed by atoms with Crippen LogP contribution in [0.3, 0.4) is 0 Å². The highest BCUT2D eigenvalue weighted by atomic mass is 32.2. The van der Waals surface area contributed by atoms with Gasteiger partial charge >= 0.3 is 0 Å². The summed E-state index contributed by atoms with van der Waals surface area (Å²) in [6.45, 7) is 2.11. The zero-order valence-electron chi connectivity index (χ0n) is 16.8. The summed E-state index contributed by atoms with van der Waals surface area (Å²) in [5.74, 6) is 2.12. The maximum absolute atomic E-state index is 12.9. The molecule has 0 saturated heterocycles. The molecule has 2 heterocycles. The molecule has 5 rings (SSSR count). The third-order valence-electron chi connectivity index (χ3n) is 4.99. The van der Waals surface area contributed by atoms with E-state index in [-0.39, 0.29) is 17.8 Å². The molecular formula is C24H19N3O3S. The highest BCUT2D eigenvalue weighted by Crippen LogP contribution is 2.37. The normalized spacial score (nSPS) is 13.2. The van der Waals surface area contributed by atoms with Crippen LogP contribution < -0.4 is 9.47 Å². The number of thioether (sulfide) groups is 1. The quantitative estimate of drug-likeness (QED) is 0.316. The van der Waals surface area contributed by atoms with Crippen molar-refractivity contribution in [1.82, 2.24) is 14.8 Å². The maximum atomic E-state index is 12.9. The molecule has 0 saturated carbocycles. The first-order chi connectivity index (χ1) is 15.2. The molecule has 0 radical (unpaired) electrons. The first-order valence-corrected chi connectivity index (χ1v) is 10.8. The molecule has 31 heavy (non-hydrogen) atoms. The number of ether oxygens (including phenoxy) is 2. The fraction of sp³-hybridized carbons (Fsp3) is 0.125. The van der Waals surface area contributed by atoms with E-state index in [9.17, 15) is 4.79 Å². The Morgan fingerprint density at radius 2 is 1.65 bits per heavy atom. The third kappa shape index (κ3) is 3.80. The number of para-hydroxylation sites is 1. The van der Waals surface area contributed by atoms with E-state index in [4.69, 9.17) is 9.47 Å². The van der Waals surface area contributed by atoms with Crippen molar-refractivity contribution in [3.63, 3.8) is 0 Å². The molecule has 0 amide bonds. The summed E-state index contributed by atoms with van der Waals surface area (Å²) in [5.41, 5.74) is 2.46. The van der Waals surface area contributed by atoms with Gasteiger partial charge in [-0.2, -0.15) is 0 Å². The molecule has 3 aromatic carbocycles. The van der Waals surface area contributed by atoms with E-state index in [1.54, 1.807) is 0 Å². The second-order valence-corrected chi connectivity index (χ2v) is 8.34. The molecule has 1 aromatic heterocycles. The monoisotopic (exact) mass is 429 g/mol. The van der Waals surface area contributed by atoms with Gasteiger partial charge in [0.05, 0.1) is 5.25 Å². The molecule has 0 fully saturated rings. The van der Waals surface area contributed by atoms with Gasteiger partial charge in [-0.1, -0.05) is 60.3 Å². The molecule has 1 aliphatic rings. The van der Waals surface area contributed by atoms with Crippen LogP contribution in [0.25, 0.3) is 17.1 Å². The van der Waals surface area contributed by atoms with Gasteiger partial charge in [-0.15, -0.1) is 10.2 Å². The topological polar surface area (TPSA) is 66.2 Å². The molecule has 7 heteroatoms. The third-order valence-corrected chi connectivity index (χ3v) is 6.03. The molecule has 1 atom stereocenters. The Kier molecular flexibility index (Phi) is 5.18. The largest absolute Gasteiger partial charge is 0.454 e. The van der Waals surface area contributed by atoms with Crippen molar-refractivity contribution in [2.45, 2.75) is 17.3 Å². The molecule has 0 aliphatic carbocycles. The molecule has 0 spiro atoms. The van der Waals surface area contributed by atoms with E-state index < -0.39 is 0 Å². The summed E-state index contributed by atoms with van der Waals surface area (Å²) >= 11 is 1.39. The van der Waals surface area contributed by atoms with Crippen LogP contribution in [0.4, 0.5) is 0 Å². The predicted molar refractivity (Wildman–Crippen MR) is 119 cm³/mol. The molecule has 0 N–H and O–H groups in total. The average molecular weight is 430 g/mol. The Bertz CT molecular complexity index is 1230. The van der Waals surface area contributed by atoms with Gasteiger partial charge in [0, 0.05) is 16.8 Å². The minimum atomic E-state index is -0.321. The van der Waals surface area contributed by atoms with Gasteiger partial charge in [0.15, 0.2) is 28.3 Å². The van der Waals surface area contributed by atoms with E-state index in [1.165, 1.54) is 11.8 Å². The molecule has 154 valence electrons. The number of carbonyl (C=O) groups excluding carboxylic acids is 1. The van der Waals surface area contributed by atoms with Gasteiger partial charge in [-0.05, 0) is 37.3 Å². The fourth-order valence-corrected chi connectivity index (χ4v) is 4.37. The molecule has 0 bridgehead atoms. The van der Waals surface area contributed by atoms with Crippen molar-refractivity contribution in [2.24, 2.45) is 0 Å². The zero-order chi connectivity index (χ0) is 21.2. The van der Waals surface area contributed by atoms with Crippen LogP contribution in [0.15, 0.2) is 84.0 Å². The van der Waals surface area contributed by atoms with E-state index >= 15 is 0 Å². The average Bonchev–Trinajstić information content (AvgIpc) is 3.46. The number of fused-ring (bicyclic) bond motifs is 1. The Balaban J connectivity index is 1.53. The Morgan fingerprint density at radius 1 is 0.935 bits per heavy atom. The van der Waals surface area contributed by atoms with E-state index in [2.05, 4.69) is 10.2 Å². The van der Waals surface area contributed by atoms with Crippen LogP contribution in [-0.4, -0.2) is 32.6 Å². The standard InChI is InChI=1S/C24H19N3O3S/c1-16(22(28)17-8-4-2-5-9-17)31-24-26-25-23(27(24)19-10-6-3-7-11-19)18-12-13-20-21(14-18)30-15-29-20/h2-14,16H,15H2,1H3.